The Morgan fingerprint density at radius 1 is 1.04 bits per heavy atom. The zero-order chi connectivity index (χ0) is 20.1. The molecular formula is C19H14N4O5. The third kappa shape index (κ3) is 4.10. The van der Waals surface area contributed by atoms with Crippen LogP contribution in [0.2, 0.25) is 0 Å². The van der Waals surface area contributed by atoms with Gasteiger partial charge in [0.25, 0.3) is 11.6 Å². The van der Waals surface area contributed by atoms with Crippen molar-refractivity contribution >= 4 is 23.8 Å². The Bertz CT molecular complexity index is 1050. The van der Waals surface area contributed by atoms with Gasteiger partial charge in [-0.05, 0) is 48.5 Å². The Hall–Kier alpha value is -4.27. The van der Waals surface area contributed by atoms with Crippen LogP contribution >= 0.6 is 0 Å². The summed E-state index contributed by atoms with van der Waals surface area (Å²) in [6.45, 7) is 0. The molecule has 140 valence electrons. The number of carbonyl (C=O) groups excluding carboxylic acids is 1. The predicted octanol–water partition coefficient (Wildman–Crippen LogP) is 2.85. The van der Waals surface area contributed by atoms with Crippen molar-refractivity contribution in [1.29, 1.82) is 0 Å². The number of carbonyl (C=O) groups is 2. The van der Waals surface area contributed by atoms with Crippen molar-refractivity contribution in [2.24, 2.45) is 5.10 Å². The SMILES string of the molecule is O=C(O)c1ccc(-n2cccc2/C=N\NC(=O)c2ccc([N+](=O)[O-])cc2)cc1. The van der Waals surface area contributed by atoms with E-state index in [-0.39, 0.29) is 16.8 Å². The highest BCUT2D eigenvalue weighted by Gasteiger charge is 2.09. The highest BCUT2D eigenvalue weighted by atomic mass is 16.6. The van der Waals surface area contributed by atoms with Crippen LogP contribution in [0.3, 0.4) is 0 Å². The highest BCUT2D eigenvalue weighted by molar-refractivity contribution is 5.95. The van der Waals surface area contributed by atoms with Gasteiger partial charge in [-0.1, -0.05) is 0 Å². The minimum absolute atomic E-state index is 0.105. The van der Waals surface area contributed by atoms with Crippen molar-refractivity contribution in [3.63, 3.8) is 0 Å². The molecule has 1 aromatic heterocycles. The van der Waals surface area contributed by atoms with Crippen molar-refractivity contribution in [2.75, 3.05) is 0 Å². The molecule has 0 unspecified atom stereocenters. The van der Waals surface area contributed by atoms with Crippen LogP contribution in [0.15, 0.2) is 72.0 Å². The summed E-state index contributed by atoms with van der Waals surface area (Å²) in [5.74, 6) is -1.51. The number of hydrogen-bond donors (Lipinski definition) is 2. The number of aromatic carboxylic acids is 1. The second-order valence-electron chi connectivity index (χ2n) is 5.66. The van der Waals surface area contributed by atoms with Gasteiger partial charge in [0.1, 0.15) is 0 Å². The van der Waals surface area contributed by atoms with Crippen molar-refractivity contribution in [3.05, 3.63) is 93.8 Å². The zero-order valence-corrected chi connectivity index (χ0v) is 14.4. The van der Waals surface area contributed by atoms with Crippen LogP contribution < -0.4 is 5.43 Å². The number of amides is 1. The van der Waals surface area contributed by atoms with E-state index in [2.05, 4.69) is 10.5 Å². The number of nitrogens with one attached hydrogen (secondary N) is 1. The lowest BCUT2D eigenvalue weighted by Gasteiger charge is -2.06. The number of benzene rings is 2. The van der Waals surface area contributed by atoms with E-state index in [4.69, 9.17) is 5.11 Å². The minimum atomic E-state index is -1.00. The molecule has 0 saturated carbocycles. The fourth-order valence-corrected chi connectivity index (χ4v) is 2.46. The summed E-state index contributed by atoms with van der Waals surface area (Å²) in [5.41, 5.74) is 4.07. The largest absolute Gasteiger partial charge is 0.478 e. The number of nitro benzene ring substituents is 1. The highest BCUT2D eigenvalue weighted by Crippen LogP contribution is 2.14. The maximum absolute atomic E-state index is 12.1. The third-order valence-electron chi connectivity index (χ3n) is 3.88. The zero-order valence-electron chi connectivity index (χ0n) is 14.4. The molecule has 28 heavy (non-hydrogen) atoms. The van der Waals surface area contributed by atoms with E-state index in [0.29, 0.717) is 5.69 Å². The van der Waals surface area contributed by atoms with Gasteiger partial charge in [0.05, 0.1) is 22.4 Å². The number of carboxylic acid groups (broad SMARTS) is 1. The summed E-state index contributed by atoms with van der Waals surface area (Å²) in [7, 11) is 0. The molecular weight excluding hydrogens is 364 g/mol. The average Bonchev–Trinajstić information content (AvgIpc) is 3.16. The smallest absolute Gasteiger partial charge is 0.335 e. The summed E-state index contributed by atoms with van der Waals surface area (Å²) in [6, 6.07) is 15.0. The van der Waals surface area contributed by atoms with E-state index in [0.717, 1.165) is 5.69 Å². The van der Waals surface area contributed by atoms with Gasteiger partial charge < -0.3 is 9.67 Å². The molecule has 0 fully saturated rings. The normalized spacial score (nSPS) is 10.7. The number of non-ortho nitro benzene ring substituents is 1. The molecule has 0 atom stereocenters. The van der Waals surface area contributed by atoms with Crippen LogP contribution in [0.25, 0.3) is 5.69 Å². The van der Waals surface area contributed by atoms with Crippen molar-refractivity contribution in [2.45, 2.75) is 0 Å². The van der Waals surface area contributed by atoms with Crippen LogP contribution in [0.4, 0.5) is 5.69 Å². The molecule has 3 rings (SSSR count). The fraction of sp³-hybridized carbons (Fsp3) is 0. The molecule has 1 amide bonds. The maximum atomic E-state index is 12.1. The Morgan fingerprint density at radius 2 is 1.68 bits per heavy atom. The van der Waals surface area contributed by atoms with Crippen molar-refractivity contribution < 1.29 is 19.6 Å². The summed E-state index contributed by atoms with van der Waals surface area (Å²) >= 11 is 0. The molecule has 0 saturated heterocycles. The molecule has 3 aromatic rings. The number of carboxylic acids is 1. The number of nitro groups is 1. The molecule has 0 spiro atoms. The third-order valence-corrected chi connectivity index (χ3v) is 3.88. The van der Waals surface area contributed by atoms with Crippen LogP contribution in [0.5, 0.6) is 0 Å². The van der Waals surface area contributed by atoms with Gasteiger partial charge in [-0.2, -0.15) is 5.10 Å². The number of aromatic nitrogens is 1. The molecule has 9 heteroatoms. The monoisotopic (exact) mass is 378 g/mol. The molecule has 1 heterocycles. The molecule has 2 aromatic carbocycles. The lowest BCUT2D eigenvalue weighted by molar-refractivity contribution is -0.384. The van der Waals surface area contributed by atoms with E-state index in [1.54, 1.807) is 35.0 Å². The molecule has 0 radical (unpaired) electrons. The topological polar surface area (TPSA) is 127 Å². The summed E-state index contributed by atoms with van der Waals surface area (Å²) in [4.78, 5) is 33.1. The lowest BCUT2D eigenvalue weighted by atomic mass is 10.2. The van der Waals surface area contributed by atoms with Gasteiger partial charge in [0.15, 0.2) is 0 Å². The Morgan fingerprint density at radius 3 is 2.29 bits per heavy atom. The van der Waals surface area contributed by atoms with Gasteiger partial charge in [-0.15, -0.1) is 0 Å². The van der Waals surface area contributed by atoms with Crippen LogP contribution in [-0.4, -0.2) is 32.7 Å². The van der Waals surface area contributed by atoms with Crippen LogP contribution in [-0.2, 0) is 0 Å². The molecule has 0 bridgehead atoms. The molecule has 0 aliphatic carbocycles. The van der Waals surface area contributed by atoms with Gasteiger partial charge in [-0.3, -0.25) is 14.9 Å². The number of hydrogen-bond acceptors (Lipinski definition) is 5. The van der Waals surface area contributed by atoms with E-state index in [9.17, 15) is 19.7 Å². The van der Waals surface area contributed by atoms with Gasteiger partial charge in [0.2, 0.25) is 0 Å². The maximum Gasteiger partial charge on any atom is 0.335 e. The average molecular weight is 378 g/mol. The molecule has 0 aliphatic rings. The van der Waals surface area contributed by atoms with Crippen molar-refractivity contribution in [3.8, 4) is 5.69 Å². The minimum Gasteiger partial charge on any atom is -0.478 e. The number of hydrazone groups is 1. The number of rotatable bonds is 6. The summed E-state index contributed by atoms with van der Waals surface area (Å²) < 4.78 is 1.77. The quantitative estimate of drug-likeness (QED) is 0.387. The standard InChI is InChI=1S/C19H14N4O5/c24-18(13-3-9-16(10-4-13)23(27)28)21-20-12-17-2-1-11-22(17)15-7-5-14(6-8-15)19(25)26/h1-12H,(H,21,24)(H,25,26)/b20-12-. The van der Waals surface area contributed by atoms with E-state index in [1.807, 2.05) is 0 Å². The predicted molar refractivity (Wildman–Crippen MR) is 101 cm³/mol. The van der Waals surface area contributed by atoms with Gasteiger partial charge >= 0.3 is 5.97 Å². The summed E-state index contributed by atoms with van der Waals surface area (Å²) in [5, 5.41) is 23.5. The van der Waals surface area contributed by atoms with E-state index >= 15 is 0 Å². The first kappa shape index (κ1) is 18.5. The Balaban J connectivity index is 1.70. The van der Waals surface area contributed by atoms with Gasteiger partial charge in [0, 0.05) is 29.6 Å². The van der Waals surface area contributed by atoms with Gasteiger partial charge in [-0.25, -0.2) is 10.2 Å². The molecule has 9 nitrogen and oxygen atoms in total. The van der Waals surface area contributed by atoms with Crippen LogP contribution in [0.1, 0.15) is 26.4 Å². The lowest BCUT2D eigenvalue weighted by Crippen LogP contribution is -2.17. The summed E-state index contributed by atoms with van der Waals surface area (Å²) in [6.07, 6.45) is 3.21. The van der Waals surface area contributed by atoms with E-state index in [1.165, 1.54) is 42.6 Å². The molecule has 2 N–H and O–H groups in total. The van der Waals surface area contributed by atoms with E-state index < -0.39 is 16.8 Å². The van der Waals surface area contributed by atoms with Crippen molar-refractivity contribution in [1.82, 2.24) is 9.99 Å². The Labute approximate surface area is 158 Å². The second kappa shape index (κ2) is 7.96. The van der Waals surface area contributed by atoms with Crippen LogP contribution in [0, 0.1) is 10.1 Å². The first-order valence-corrected chi connectivity index (χ1v) is 8.04. The Kier molecular flexibility index (Phi) is 5.26. The first-order chi connectivity index (χ1) is 13.5. The fourth-order valence-electron chi connectivity index (χ4n) is 2.46. The molecule has 0 aliphatic heterocycles. The number of nitrogens with zero attached hydrogens (tertiary/aromatic N) is 3. The second-order valence-corrected chi connectivity index (χ2v) is 5.66. The first-order valence-electron chi connectivity index (χ1n) is 8.04.